The van der Waals surface area contributed by atoms with E-state index in [1.165, 1.54) is 0 Å². The second-order valence-corrected chi connectivity index (χ2v) is 3.44. The predicted molar refractivity (Wildman–Crippen MR) is 60.1 cm³/mol. The summed E-state index contributed by atoms with van der Waals surface area (Å²) in [6, 6.07) is 9.10. The summed E-state index contributed by atoms with van der Waals surface area (Å²) >= 11 is 0. The van der Waals surface area contributed by atoms with Crippen LogP contribution in [-0.2, 0) is 4.74 Å². The third-order valence-electron chi connectivity index (χ3n) is 2.17. The highest BCUT2D eigenvalue weighted by atomic mass is 16.5. The van der Waals surface area contributed by atoms with E-state index in [0.717, 1.165) is 38.2 Å². The number of hydrogen-bond acceptors (Lipinski definition) is 3. The first-order chi connectivity index (χ1) is 7.33. The molecule has 0 saturated carbocycles. The van der Waals surface area contributed by atoms with Gasteiger partial charge in [0.25, 0.3) is 0 Å². The van der Waals surface area contributed by atoms with Crippen molar-refractivity contribution in [3.05, 3.63) is 35.9 Å². The molecule has 0 bridgehead atoms. The van der Waals surface area contributed by atoms with Gasteiger partial charge in [-0.2, -0.15) is 0 Å². The largest absolute Gasteiger partial charge is 0.379 e. The zero-order chi connectivity index (χ0) is 10.9. The van der Waals surface area contributed by atoms with E-state index in [2.05, 4.69) is 11.9 Å². The van der Waals surface area contributed by atoms with Crippen molar-refractivity contribution in [1.29, 1.82) is 0 Å². The summed E-state index contributed by atoms with van der Waals surface area (Å²) < 4.78 is 5.10. The third-order valence-corrected chi connectivity index (χ3v) is 2.17. The molecule has 1 aliphatic rings. The van der Waals surface area contributed by atoms with Crippen LogP contribution in [0.25, 0.3) is 0 Å². The molecule has 1 heterocycles. The van der Waals surface area contributed by atoms with Gasteiger partial charge in [0.15, 0.2) is 0 Å². The lowest BCUT2D eigenvalue weighted by atomic mass is 10.2. The number of benzene rings is 1. The van der Waals surface area contributed by atoms with Gasteiger partial charge in [-0.1, -0.05) is 30.3 Å². The average molecular weight is 207 g/mol. The summed E-state index contributed by atoms with van der Waals surface area (Å²) in [5.41, 5.74) is 0.729. The Bertz CT molecular complexity index is 268. The molecule has 0 spiro atoms. The molecule has 1 aromatic carbocycles. The second-order valence-electron chi connectivity index (χ2n) is 3.44. The molecular weight excluding hydrogens is 190 g/mol. The van der Waals surface area contributed by atoms with E-state index in [9.17, 15) is 4.79 Å². The normalized spacial score (nSPS) is 16.3. The molecule has 15 heavy (non-hydrogen) atoms. The highest BCUT2D eigenvalue weighted by Crippen LogP contribution is 1.91. The molecule has 0 N–H and O–H groups in total. The van der Waals surface area contributed by atoms with Crippen molar-refractivity contribution in [3.63, 3.8) is 0 Å². The Hall–Kier alpha value is -1.19. The van der Waals surface area contributed by atoms with Crippen LogP contribution in [0.15, 0.2) is 30.3 Å². The van der Waals surface area contributed by atoms with Crippen LogP contribution < -0.4 is 0 Å². The number of aldehydes is 1. The molecule has 0 aliphatic carbocycles. The van der Waals surface area contributed by atoms with Crippen LogP contribution in [0.2, 0.25) is 0 Å². The zero-order valence-corrected chi connectivity index (χ0v) is 9.06. The number of ether oxygens (including phenoxy) is 1. The van der Waals surface area contributed by atoms with Gasteiger partial charge in [0.2, 0.25) is 0 Å². The lowest BCUT2D eigenvalue weighted by molar-refractivity contribution is 0.0503. The number of carbonyl (C=O) groups is 1. The van der Waals surface area contributed by atoms with Gasteiger partial charge in [0, 0.05) is 18.7 Å². The smallest absolute Gasteiger partial charge is 0.150 e. The average Bonchev–Trinajstić information content (AvgIpc) is 2.32. The first-order valence-electron chi connectivity index (χ1n) is 5.09. The SMILES string of the molecule is CN1CCOCC1.O=Cc1ccccc1. The molecule has 1 aromatic rings. The van der Waals surface area contributed by atoms with E-state index < -0.39 is 0 Å². The Morgan fingerprint density at radius 3 is 2.13 bits per heavy atom. The van der Waals surface area contributed by atoms with Gasteiger partial charge in [-0.15, -0.1) is 0 Å². The lowest BCUT2D eigenvalue weighted by Gasteiger charge is -2.21. The number of carbonyl (C=O) groups excluding carboxylic acids is 1. The fourth-order valence-corrected chi connectivity index (χ4v) is 1.19. The number of hydrogen-bond donors (Lipinski definition) is 0. The van der Waals surface area contributed by atoms with Crippen molar-refractivity contribution in [2.75, 3.05) is 33.4 Å². The van der Waals surface area contributed by atoms with E-state index >= 15 is 0 Å². The number of rotatable bonds is 1. The second kappa shape index (κ2) is 7.15. The first-order valence-corrected chi connectivity index (χ1v) is 5.09. The van der Waals surface area contributed by atoms with Crippen LogP contribution in [0.1, 0.15) is 10.4 Å². The van der Waals surface area contributed by atoms with Crippen LogP contribution in [0.5, 0.6) is 0 Å². The van der Waals surface area contributed by atoms with Crippen molar-refractivity contribution in [3.8, 4) is 0 Å². The van der Waals surface area contributed by atoms with E-state index in [-0.39, 0.29) is 0 Å². The minimum Gasteiger partial charge on any atom is -0.379 e. The molecule has 0 atom stereocenters. The van der Waals surface area contributed by atoms with Crippen LogP contribution in [0.3, 0.4) is 0 Å². The standard InChI is InChI=1S/C7H6O.C5H11NO/c8-6-7-4-2-1-3-5-7;1-6-2-4-7-5-3-6/h1-6H;2-5H2,1H3. The molecule has 1 aliphatic heterocycles. The van der Waals surface area contributed by atoms with E-state index in [0.29, 0.717) is 0 Å². The van der Waals surface area contributed by atoms with Gasteiger partial charge in [-0.25, -0.2) is 0 Å². The molecule has 1 fully saturated rings. The van der Waals surface area contributed by atoms with Crippen molar-refractivity contribution in [1.82, 2.24) is 4.90 Å². The van der Waals surface area contributed by atoms with Crippen LogP contribution in [0, 0.1) is 0 Å². The van der Waals surface area contributed by atoms with Gasteiger partial charge < -0.3 is 9.64 Å². The summed E-state index contributed by atoms with van der Waals surface area (Å²) in [7, 11) is 2.11. The minimum atomic E-state index is 0.729. The van der Waals surface area contributed by atoms with Gasteiger partial charge >= 0.3 is 0 Å². The lowest BCUT2D eigenvalue weighted by Crippen LogP contribution is -2.32. The predicted octanol–water partition coefficient (Wildman–Crippen LogP) is 1.45. The van der Waals surface area contributed by atoms with E-state index in [4.69, 9.17) is 4.74 Å². The van der Waals surface area contributed by atoms with Crippen LogP contribution in [-0.4, -0.2) is 44.5 Å². The third kappa shape index (κ3) is 5.30. The van der Waals surface area contributed by atoms with E-state index in [1.807, 2.05) is 18.2 Å². The summed E-state index contributed by atoms with van der Waals surface area (Å²) in [6.45, 7) is 4.02. The molecule has 3 nitrogen and oxygen atoms in total. The Morgan fingerprint density at radius 2 is 1.80 bits per heavy atom. The topological polar surface area (TPSA) is 29.5 Å². The number of nitrogens with zero attached hydrogens (tertiary/aromatic N) is 1. The molecule has 0 amide bonds. The van der Waals surface area contributed by atoms with Crippen molar-refractivity contribution in [2.45, 2.75) is 0 Å². The molecule has 2 rings (SSSR count). The summed E-state index contributed by atoms with van der Waals surface area (Å²) in [4.78, 5) is 12.3. The fraction of sp³-hybridized carbons (Fsp3) is 0.417. The summed E-state index contributed by atoms with van der Waals surface area (Å²) in [5.74, 6) is 0. The maximum Gasteiger partial charge on any atom is 0.150 e. The Kier molecular flexibility index (Phi) is 5.66. The number of likely N-dealkylation sites (N-methyl/N-ethyl adjacent to an activating group) is 1. The van der Waals surface area contributed by atoms with Crippen LogP contribution >= 0.6 is 0 Å². The van der Waals surface area contributed by atoms with E-state index in [1.54, 1.807) is 12.1 Å². The Balaban J connectivity index is 0.000000151. The fourth-order valence-electron chi connectivity index (χ4n) is 1.19. The Labute approximate surface area is 90.7 Å². The van der Waals surface area contributed by atoms with Crippen molar-refractivity contribution < 1.29 is 9.53 Å². The maximum atomic E-state index is 10.0. The van der Waals surface area contributed by atoms with Gasteiger partial charge in [-0.3, -0.25) is 4.79 Å². The molecular formula is C12H17NO2. The highest BCUT2D eigenvalue weighted by Gasteiger charge is 2.02. The molecule has 3 heteroatoms. The van der Waals surface area contributed by atoms with Crippen LogP contribution in [0.4, 0.5) is 0 Å². The quantitative estimate of drug-likeness (QED) is 0.653. The van der Waals surface area contributed by atoms with Gasteiger partial charge in [-0.05, 0) is 7.05 Å². The monoisotopic (exact) mass is 207 g/mol. The van der Waals surface area contributed by atoms with Crippen molar-refractivity contribution >= 4 is 6.29 Å². The summed E-state index contributed by atoms with van der Waals surface area (Å²) in [5, 5.41) is 0. The first kappa shape index (κ1) is 11.9. The molecule has 0 unspecified atom stereocenters. The molecule has 1 saturated heterocycles. The Morgan fingerprint density at radius 1 is 1.20 bits per heavy atom. The highest BCUT2D eigenvalue weighted by molar-refractivity contribution is 5.74. The zero-order valence-electron chi connectivity index (χ0n) is 9.06. The number of morpholine rings is 1. The summed E-state index contributed by atoms with van der Waals surface area (Å²) in [6.07, 6.45) is 0.833. The minimum absolute atomic E-state index is 0.729. The molecule has 0 aromatic heterocycles. The van der Waals surface area contributed by atoms with Crippen molar-refractivity contribution in [2.24, 2.45) is 0 Å². The molecule has 82 valence electrons. The van der Waals surface area contributed by atoms with Gasteiger partial charge in [0.1, 0.15) is 6.29 Å². The maximum absolute atomic E-state index is 10.0. The van der Waals surface area contributed by atoms with Gasteiger partial charge in [0.05, 0.1) is 13.2 Å². The molecule has 0 radical (unpaired) electrons.